The number of rotatable bonds is 5. The van der Waals surface area contributed by atoms with Crippen LogP contribution in [-0.2, 0) is 9.59 Å². The summed E-state index contributed by atoms with van der Waals surface area (Å²) in [6.45, 7) is 3.65. The van der Waals surface area contributed by atoms with Gasteiger partial charge in [0.1, 0.15) is 23.6 Å². The molecule has 4 heterocycles. The van der Waals surface area contributed by atoms with E-state index in [4.69, 9.17) is 41.9 Å². The molecule has 2 bridgehead atoms. The van der Waals surface area contributed by atoms with Crippen molar-refractivity contribution in [3.63, 3.8) is 0 Å². The monoisotopic (exact) mass is 720 g/mol. The first-order valence-electron chi connectivity index (χ1n) is 14.4. The normalized spacial score (nSPS) is 17.9. The SMILES string of the molecule is C[C@H](N)COc1nc(N2C[C@H]3CC[C@@H](C2)N3)c2cnc(-c3cccc4cccc(Cl)c34)c(F)c2n1.O=C(O)C(F)(F)F.O=C(O)C(F)(F)F. The van der Waals surface area contributed by atoms with E-state index >= 15 is 4.39 Å². The maximum atomic E-state index is 16.2. The summed E-state index contributed by atoms with van der Waals surface area (Å²) in [7, 11) is 0. The quantitative estimate of drug-likeness (QED) is 0.191. The number of hydrogen-bond acceptors (Lipinski definition) is 9. The summed E-state index contributed by atoms with van der Waals surface area (Å²) in [6.07, 6.45) is -6.26. The molecule has 5 N–H and O–H groups in total. The van der Waals surface area contributed by atoms with Gasteiger partial charge in [-0.1, -0.05) is 41.9 Å². The van der Waals surface area contributed by atoms with Crippen LogP contribution in [0.3, 0.4) is 0 Å². The number of carboxylic acids is 2. The van der Waals surface area contributed by atoms with Gasteiger partial charge in [-0.3, -0.25) is 4.98 Å². The summed E-state index contributed by atoms with van der Waals surface area (Å²) in [4.78, 5) is 33.7. The van der Waals surface area contributed by atoms with Crippen LogP contribution in [0.5, 0.6) is 6.01 Å². The molecule has 2 fully saturated rings. The van der Waals surface area contributed by atoms with Crippen LogP contribution in [-0.4, -0.2) is 87.3 Å². The highest BCUT2D eigenvalue weighted by atomic mass is 35.5. The predicted molar refractivity (Wildman–Crippen MR) is 164 cm³/mol. The summed E-state index contributed by atoms with van der Waals surface area (Å²) in [5.41, 5.74) is 6.87. The number of ether oxygens (including phenoxy) is 1. The number of hydrogen-bond donors (Lipinski definition) is 4. The zero-order chi connectivity index (χ0) is 36.3. The van der Waals surface area contributed by atoms with E-state index < -0.39 is 30.1 Å². The minimum atomic E-state index is -5.08. The van der Waals surface area contributed by atoms with E-state index in [1.165, 1.54) is 0 Å². The van der Waals surface area contributed by atoms with E-state index in [0.29, 0.717) is 33.9 Å². The minimum absolute atomic E-state index is 0.114. The predicted octanol–water partition coefficient (Wildman–Crippen LogP) is 5.57. The first-order valence-corrected chi connectivity index (χ1v) is 14.8. The van der Waals surface area contributed by atoms with Gasteiger partial charge in [-0.05, 0) is 31.2 Å². The molecule has 0 radical (unpaired) electrons. The highest BCUT2D eigenvalue weighted by molar-refractivity contribution is 6.36. The van der Waals surface area contributed by atoms with Crippen molar-refractivity contribution in [1.29, 1.82) is 0 Å². The average Bonchev–Trinajstić information content (AvgIpc) is 3.36. The molecule has 11 nitrogen and oxygen atoms in total. The number of fused-ring (bicyclic) bond motifs is 4. The van der Waals surface area contributed by atoms with Crippen molar-refractivity contribution in [3.8, 4) is 17.3 Å². The van der Waals surface area contributed by atoms with Gasteiger partial charge in [-0.15, -0.1) is 0 Å². The van der Waals surface area contributed by atoms with Gasteiger partial charge in [0.25, 0.3) is 0 Å². The Morgan fingerprint density at radius 1 is 1.02 bits per heavy atom. The summed E-state index contributed by atoms with van der Waals surface area (Å²) < 4.78 is 85.4. The van der Waals surface area contributed by atoms with Crippen molar-refractivity contribution in [1.82, 2.24) is 20.3 Å². The summed E-state index contributed by atoms with van der Waals surface area (Å²) >= 11 is 6.52. The Hall–Kier alpha value is -4.55. The molecule has 0 unspecified atom stereocenters. The fraction of sp³-hybridized carbons (Fsp3) is 0.367. The number of carbonyl (C=O) groups is 2. The maximum Gasteiger partial charge on any atom is 0.490 e. The number of anilines is 1. The first kappa shape index (κ1) is 37.3. The Balaban J connectivity index is 0.000000327. The smallest absolute Gasteiger partial charge is 0.475 e. The lowest BCUT2D eigenvalue weighted by Crippen LogP contribution is -2.51. The van der Waals surface area contributed by atoms with E-state index in [9.17, 15) is 26.3 Å². The third-order valence-electron chi connectivity index (χ3n) is 7.23. The summed E-state index contributed by atoms with van der Waals surface area (Å²) in [6, 6.07) is 12.0. The number of piperazine rings is 1. The third-order valence-corrected chi connectivity index (χ3v) is 7.54. The van der Waals surface area contributed by atoms with Crippen LogP contribution in [0.25, 0.3) is 32.9 Å². The van der Waals surface area contributed by atoms with Gasteiger partial charge in [-0.25, -0.2) is 14.0 Å². The molecule has 2 saturated heterocycles. The molecule has 2 aromatic carbocycles. The summed E-state index contributed by atoms with van der Waals surface area (Å²) in [5, 5.41) is 20.6. The number of aliphatic carboxylic acids is 2. The number of benzene rings is 2. The second kappa shape index (κ2) is 14.9. The van der Waals surface area contributed by atoms with E-state index in [1.54, 1.807) is 12.3 Å². The van der Waals surface area contributed by atoms with Crippen LogP contribution >= 0.6 is 11.6 Å². The number of alkyl halides is 6. The van der Waals surface area contributed by atoms with Gasteiger partial charge in [-0.2, -0.15) is 36.3 Å². The lowest BCUT2D eigenvalue weighted by molar-refractivity contribution is -0.193. The van der Waals surface area contributed by atoms with Gasteiger partial charge >= 0.3 is 30.3 Å². The fourth-order valence-corrected chi connectivity index (χ4v) is 5.47. The molecule has 19 heteroatoms. The van der Waals surface area contributed by atoms with Crippen molar-refractivity contribution in [2.45, 2.75) is 50.2 Å². The van der Waals surface area contributed by atoms with E-state index in [2.05, 4.69) is 25.2 Å². The van der Waals surface area contributed by atoms with Crippen molar-refractivity contribution in [2.75, 3.05) is 24.6 Å². The zero-order valence-corrected chi connectivity index (χ0v) is 26.1. The molecule has 4 aromatic rings. The summed E-state index contributed by atoms with van der Waals surface area (Å²) in [5.74, 6) is -5.40. The number of nitrogens with zero attached hydrogens (tertiary/aromatic N) is 4. The van der Waals surface area contributed by atoms with Crippen molar-refractivity contribution in [3.05, 3.63) is 53.4 Å². The molecule has 2 aromatic heterocycles. The second-order valence-electron chi connectivity index (χ2n) is 11.1. The number of nitrogens with one attached hydrogen (secondary N) is 1. The van der Waals surface area contributed by atoms with Crippen molar-refractivity contribution in [2.24, 2.45) is 5.73 Å². The molecular weight excluding hydrogens is 693 g/mol. The Morgan fingerprint density at radius 3 is 2.10 bits per heavy atom. The van der Waals surface area contributed by atoms with E-state index in [-0.39, 0.29) is 29.9 Å². The van der Waals surface area contributed by atoms with Gasteiger partial charge in [0.2, 0.25) is 0 Å². The standard InChI is InChI=1S/C26H26ClFN6O.2C2HF3O2/c1-14(29)13-35-26-32-24-19(25(33-26)34-11-16-8-9-17(12-34)31-16)10-30-23(22(24)28)18-6-2-4-15-5-3-7-20(27)21(15)18;2*3-2(4,5)1(6)7/h2-7,10,14,16-17,31H,8-9,11-13,29H2,1H3;2*(H,6,7)/t14-,16-,17+;;/m0../s1. The van der Waals surface area contributed by atoms with E-state index in [0.717, 1.165) is 36.7 Å². The topological polar surface area (TPSA) is 164 Å². The highest BCUT2D eigenvalue weighted by Gasteiger charge is 2.39. The molecule has 6 rings (SSSR count). The van der Waals surface area contributed by atoms with Crippen LogP contribution < -0.4 is 20.7 Å². The number of nitrogens with two attached hydrogens (primary N) is 1. The Morgan fingerprint density at radius 2 is 1.57 bits per heavy atom. The molecule has 3 atom stereocenters. The Bertz CT molecular complexity index is 1800. The highest BCUT2D eigenvalue weighted by Crippen LogP contribution is 2.38. The fourth-order valence-electron chi connectivity index (χ4n) is 5.18. The molecule has 0 aliphatic carbocycles. The van der Waals surface area contributed by atoms with Crippen LogP contribution in [0.1, 0.15) is 19.8 Å². The molecular formula is C30H28ClF7N6O5. The molecule has 2 aliphatic rings. The van der Waals surface area contributed by atoms with Gasteiger partial charge in [0.15, 0.2) is 5.82 Å². The van der Waals surface area contributed by atoms with Crippen LogP contribution in [0.15, 0.2) is 42.6 Å². The average molecular weight is 721 g/mol. The zero-order valence-electron chi connectivity index (χ0n) is 25.3. The van der Waals surface area contributed by atoms with Gasteiger partial charge in [0, 0.05) is 53.4 Å². The molecule has 0 saturated carbocycles. The van der Waals surface area contributed by atoms with Crippen LogP contribution in [0.2, 0.25) is 5.02 Å². The van der Waals surface area contributed by atoms with Gasteiger partial charge < -0.3 is 30.9 Å². The largest absolute Gasteiger partial charge is 0.490 e. The third kappa shape index (κ3) is 9.12. The minimum Gasteiger partial charge on any atom is -0.475 e. The lowest BCUT2D eigenvalue weighted by atomic mass is 10.0. The number of pyridine rings is 1. The molecule has 2 aliphatic heterocycles. The molecule has 0 amide bonds. The molecule has 0 spiro atoms. The second-order valence-corrected chi connectivity index (χ2v) is 11.5. The van der Waals surface area contributed by atoms with Crippen LogP contribution in [0.4, 0.5) is 36.6 Å². The number of aromatic nitrogens is 3. The van der Waals surface area contributed by atoms with Crippen LogP contribution in [0, 0.1) is 5.82 Å². The maximum absolute atomic E-state index is 16.2. The molecule has 264 valence electrons. The van der Waals surface area contributed by atoms with Crippen molar-refractivity contribution >= 4 is 51.0 Å². The van der Waals surface area contributed by atoms with E-state index in [1.807, 2.05) is 37.3 Å². The Labute approximate surface area is 277 Å². The number of carboxylic acid groups (broad SMARTS) is 2. The molecule has 49 heavy (non-hydrogen) atoms. The Kier molecular flexibility index (Phi) is 11.3. The van der Waals surface area contributed by atoms with Crippen molar-refractivity contribution < 1.29 is 55.3 Å². The number of halogens is 8. The first-order chi connectivity index (χ1) is 22.9. The van der Waals surface area contributed by atoms with Gasteiger partial charge in [0.05, 0.1) is 5.39 Å². The lowest BCUT2D eigenvalue weighted by Gasteiger charge is -2.34.